The summed E-state index contributed by atoms with van der Waals surface area (Å²) in [5.41, 5.74) is 2.37. The SMILES string of the molecule is COc1cc2c(cc1OC)CN(C(=O)NCCCCN1CC(C)CC(C)C1)CC2. The number of hydrogen-bond acceptors (Lipinski definition) is 4. The largest absolute Gasteiger partial charge is 0.493 e. The maximum atomic E-state index is 12.6. The normalized spacial score (nSPS) is 22.1. The quantitative estimate of drug-likeness (QED) is 0.708. The van der Waals surface area contributed by atoms with Crippen LogP contribution in [0.1, 0.15) is 44.2 Å². The Labute approximate surface area is 175 Å². The number of fused-ring (bicyclic) bond motifs is 1. The van der Waals surface area contributed by atoms with Crippen LogP contribution >= 0.6 is 0 Å². The molecule has 0 saturated carbocycles. The summed E-state index contributed by atoms with van der Waals surface area (Å²) in [5, 5.41) is 3.10. The van der Waals surface area contributed by atoms with Gasteiger partial charge in [0.05, 0.1) is 14.2 Å². The third kappa shape index (κ3) is 5.78. The monoisotopic (exact) mass is 403 g/mol. The van der Waals surface area contributed by atoms with E-state index in [0.29, 0.717) is 6.54 Å². The first-order valence-electron chi connectivity index (χ1n) is 11.0. The van der Waals surface area contributed by atoms with Gasteiger partial charge in [0.1, 0.15) is 0 Å². The molecule has 1 fully saturated rings. The fourth-order valence-corrected chi connectivity index (χ4v) is 4.80. The van der Waals surface area contributed by atoms with E-state index in [1.807, 2.05) is 17.0 Å². The Morgan fingerprint density at radius 3 is 2.38 bits per heavy atom. The molecule has 2 heterocycles. The molecule has 0 radical (unpaired) electrons. The highest BCUT2D eigenvalue weighted by Crippen LogP contribution is 2.33. The van der Waals surface area contributed by atoms with Crippen LogP contribution in [0.2, 0.25) is 0 Å². The summed E-state index contributed by atoms with van der Waals surface area (Å²) in [6.45, 7) is 10.4. The van der Waals surface area contributed by atoms with Crippen molar-refractivity contribution in [2.75, 3.05) is 46.9 Å². The van der Waals surface area contributed by atoms with Gasteiger partial charge in [0, 0.05) is 32.7 Å². The Balaban J connectivity index is 1.40. The summed E-state index contributed by atoms with van der Waals surface area (Å²) in [5.74, 6) is 3.08. The van der Waals surface area contributed by atoms with Crippen molar-refractivity contribution >= 4 is 6.03 Å². The van der Waals surface area contributed by atoms with Crippen LogP contribution in [0.15, 0.2) is 12.1 Å². The molecule has 6 heteroatoms. The van der Waals surface area contributed by atoms with Crippen molar-refractivity contribution in [1.29, 1.82) is 0 Å². The van der Waals surface area contributed by atoms with Crippen molar-refractivity contribution in [3.8, 4) is 11.5 Å². The summed E-state index contributed by atoms with van der Waals surface area (Å²) in [6.07, 6.45) is 4.36. The Bertz CT molecular complexity index is 684. The second-order valence-electron chi connectivity index (χ2n) is 8.79. The molecular weight excluding hydrogens is 366 g/mol. The number of carbonyl (C=O) groups is 1. The molecule has 162 valence electrons. The molecular formula is C23H37N3O3. The number of methoxy groups -OCH3 is 2. The highest BCUT2D eigenvalue weighted by molar-refractivity contribution is 5.74. The standard InChI is InChI=1S/C23H37N3O3/c1-17-11-18(2)15-25(14-17)9-6-5-8-24-23(27)26-10-7-19-12-21(28-3)22(29-4)13-20(19)16-26/h12-13,17-18H,5-11,14-16H2,1-4H3,(H,24,27). The van der Waals surface area contributed by atoms with Gasteiger partial charge in [0.25, 0.3) is 0 Å². The highest BCUT2D eigenvalue weighted by Gasteiger charge is 2.23. The molecule has 0 aliphatic carbocycles. The van der Waals surface area contributed by atoms with Gasteiger partial charge in [-0.1, -0.05) is 13.8 Å². The maximum Gasteiger partial charge on any atom is 0.317 e. The fraction of sp³-hybridized carbons (Fsp3) is 0.696. The third-order valence-electron chi connectivity index (χ3n) is 6.13. The number of carbonyl (C=O) groups excluding carboxylic acids is 1. The van der Waals surface area contributed by atoms with Crippen molar-refractivity contribution < 1.29 is 14.3 Å². The summed E-state index contributed by atoms with van der Waals surface area (Å²) in [4.78, 5) is 17.1. The van der Waals surface area contributed by atoms with Crippen molar-refractivity contribution in [3.63, 3.8) is 0 Å². The second-order valence-corrected chi connectivity index (χ2v) is 8.79. The van der Waals surface area contributed by atoms with Gasteiger partial charge in [-0.25, -0.2) is 4.79 Å². The average Bonchev–Trinajstić information content (AvgIpc) is 2.71. The Kier molecular flexibility index (Phi) is 7.64. The first kappa shape index (κ1) is 21.8. The Morgan fingerprint density at radius 1 is 1.07 bits per heavy atom. The van der Waals surface area contributed by atoms with Crippen LogP contribution < -0.4 is 14.8 Å². The van der Waals surface area contributed by atoms with Crippen molar-refractivity contribution in [1.82, 2.24) is 15.1 Å². The van der Waals surface area contributed by atoms with Gasteiger partial charge in [-0.15, -0.1) is 0 Å². The number of amides is 2. The van der Waals surface area contributed by atoms with E-state index in [-0.39, 0.29) is 6.03 Å². The fourth-order valence-electron chi connectivity index (χ4n) is 4.80. The number of nitrogens with zero attached hydrogens (tertiary/aromatic N) is 2. The molecule has 1 aromatic carbocycles. The summed E-state index contributed by atoms with van der Waals surface area (Å²) in [7, 11) is 3.29. The predicted octanol–water partition coefficient (Wildman–Crippen LogP) is 3.53. The Morgan fingerprint density at radius 2 is 1.72 bits per heavy atom. The van der Waals surface area contributed by atoms with E-state index in [4.69, 9.17) is 9.47 Å². The van der Waals surface area contributed by atoms with Gasteiger partial charge in [-0.2, -0.15) is 0 Å². The lowest BCUT2D eigenvalue weighted by atomic mass is 9.92. The number of piperidine rings is 1. The van der Waals surface area contributed by atoms with Gasteiger partial charge in [-0.05, 0) is 67.3 Å². The highest BCUT2D eigenvalue weighted by atomic mass is 16.5. The minimum Gasteiger partial charge on any atom is -0.493 e. The van der Waals surface area contributed by atoms with Gasteiger partial charge in [0.2, 0.25) is 0 Å². The van der Waals surface area contributed by atoms with Gasteiger partial charge in [0.15, 0.2) is 11.5 Å². The number of likely N-dealkylation sites (tertiary alicyclic amines) is 1. The average molecular weight is 404 g/mol. The Hall–Kier alpha value is -1.95. The summed E-state index contributed by atoms with van der Waals surface area (Å²) < 4.78 is 10.8. The molecule has 2 unspecified atom stereocenters. The topological polar surface area (TPSA) is 54.0 Å². The molecule has 0 spiro atoms. The molecule has 1 N–H and O–H groups in total. The molecule has 0 bridgehead atoms. The number of rotatable bonds is 7. The maximum absolute atomic E-state index is 12.6. The molecule has 1 saturated heterocycles. The summed E-state index contributed by atoms with van der Waals surface area (Å²) in [6, 6.07) is 4.06. The smallest absolute Gasteiger partial charge is 0.317 e. The molecule has 2 aliphatic heterocycles. The number of urea groups is 1. The van der Waals surface area contributed by atoms with Crippen LogP contribution in [0, 0.1) is 11.8 Å². The van der Waals surface area contributed by atoms with Crippen LogP contribution in [0.5, 0.6) is 11.5 Å². The molecule has 2 amide bonds. The molecule has 2 aliphatic rings. The van der Waals surface area contributed by atoms with Crippen LogP contribution in [0.4, 0.5) is 4.79 Å². The van der Waals surface area contributed by atoms with Crippen LogP contribution in [0.3, 0.4) is 0 Å². The lowest BCUT2D eigenvalue weighted by molar-refractivity contribution is 0.139. The van der Waals surface area contributed by atoms with E-state index in [1.165, 1.54) is 25.1 Å². The van der Waals surface area contributed by atoms with E-state index in [1.54, 1.807) is 14.2 Å². The molecule has 29 heavy (non-hydrogen) atoms. The number of hydrogen-bond donors (Lipinski definition) is 1. The molecule has 6 nitrogen and oxygen atoms in total. The molecule has 0 aromatic heterocycles. The molecule has 2 atom stereocenters. The zero-order chi connectivity index (χ0) is 20.8. The number of nitrogens with one attached hydrogen (secondary N) is 1. The molecule has 3 rings (SSSR count). The van der Waals surface area contributed by atoms with Gasteiger partial charge in [-0.3, -0.25) is 0 Å². The van der Waals surface area contributed by atoms with Crippen LogP contribution in [0.25, 0.3) is 0 Å². The number of benzene rings is 1. The predicted molar refractivity (Wildman–Crippen MR) is 116 cm³/mol. The van der Waals surface area contributed by atoms with Crippen LogP contribution in [-0.4, -0.2) is 62.8 Å². The van der Waals surface area contributed by atoms with E-state index < -0.39 is 0 Å². The second kappa shape index (κ2) is 10.2. The van der Waals surface area contributed by atoms with Crippen molar-refractivity contribution in [2.45, 2.75) is 46.1 Å². The first-order chi connectivity index (χ1) is 14.0. The van der Waals surface area contributed by atoms with E-state index in [9.17, 15) is 4.79 Å². The summed E-state index contributed by atoms with van der Waals surface area (Å²) >= 11 is 0. The minimum absolute atomic E-state index is 0.0330. The molecule has 1 aromatic rings. The number of ether oxygens (including phenoxy) is 2. The van der Waals surface area contributed by atoms with E-state index >= 15 is 0 Å². The van der Waals surface area contributed by atoms with E-state index in [2.05, 4.69) is 24.1 Å². The van der Waals surface area contributed by atoms with Gasteiger partial charge < -0.3 is 24.6 Å². The third-order valence-corrected chi connectivity index (χ3v) is 6.13. The van der Waals surface area contributed by atoms with Gasteiger partial charge >= 0.3 is 6.03 Å². The number of unbranched alkanes of at least 4 members (excludes halogenated alkanes) is 1. The van der Waals surface area contributed by atoms with Crippen molar-refractivity contribution in [2.24, 2.45) is 11.8 Å². The lowest BCUT2D eigenvalue weighted by Gasteiger charge is -2.35. The first-order valence-corrected chi connectivity index (χ1v) is 11.0. The minimum atomic E-state index is 0.0330. The van der Waals surface area contributed by atoms with Crippen molar-refractivity contribution in [3.05, 3.63) is 23.3 Å². The van der Waals surface area contributed by atoms with E-state index in [0.717, 1.165) is 67.8 Å². The zero-order valence-electron chi connectivity index (χ0n) is 18.5. The zero-order valence-corrected chi connectivity index (χ0v) is 18.5. The lowest BCUT2D eigenvalue weighted by Crippen LogP contribution is -2.43. The van der Waals surface area contributed by atoms with Crippen LogP contribution in [-0.2, 0) is 13.0 Å².